The highest BCUT2D eigenvalue weighted by molar-refractivity contribution is 5.99. The number of carbonyl (C=O) groups is 2. The molecule has 0 saturated carbocycles. The van der Waals surface area contributed by atoms with Crippen molar-refractivity contribution in [2.45, 2.75) is 52.1 Å². The van der Waals surface area contributed by atoms with Crippen LogP contribution in [0.15, 0.2) is 12.3 Å². The largest absolute Gasteiger partial charge is 0.356 e. The molecule has 1 aliphatic rings. The number of likely N-dealkylation sites (tertiary alicyclic amines) is 1. The van der Waals surface area contributed by atoms with E-state index in [1.807, 2.05) is 4.90 Å². The number of rotatable bonds is 2. The molecular weight excluding hydrogens is 228 g/mol. The van der Waals surface area contributed by atoms with E-state index < -0.39 is 0 Å². The van der Waals surface area contributed by atoms with Crippen molar-refractivity contribution in [1.82, 2.24) is 9.88 Å². The smallest absolute Gasteiger partial charge is 0.270 e. The van der Waals surface area contributed by atoms with Gasteiger partial charge in [-0.25, -0.2) is 0 Å². The predicted molar refractivity (Wildman–Crippen MR) is 69.7 cm³/mol. The Morgan fingerprint density at radius 1 is 1.28 bits per heavy atom. The van der Waals surface area contributed by atoms with Crippen LogP contribution in [0.3, 0.4) is 0 Å². The van der Waals surface area contributed by atoms with Crippen LogP contribution in [0.25, 0.3) is 0 Å². The summed E-state index contributed by atoms with van der Waals surface area (Å²) in [6.07, 6.45) is 4.89. The van der Waals surface area contributed by atoms with Crippen LogP contribution in [-0.2, 0) is 0 Å². The van der Waals surface area contributed by atoms with Gasteiger partial charge in [-0.05, 0) is 46.1 Å². The van der Waals surface area contributed by atoms with E-state index in [-0.39, 0.29) is 23.8 Å². The Balaban J connectivity index is 2.21. The number of hydrogen-bond donors (Lipinski definition) is 1. The van der Waals surface area contributed by atoms with Gasteiger partial charge < -0.3 is 9.88 Å². The number of nitrogens with one attached hydrogen (secondary N) is 1. The van der Waals surface area contributed by atoms with Gasteiger partial charge in [0.1, 0.15) is 5.69 Å². The fourth-order valence-corrected chi connectivity index (χ4v) is 2.68. The summed E-state index contributed by atoms with van der Waals surface area (Å²) in [4.78, 5) is 28.5. The zero-order valence-electron chi connectivity index (χ0n) is 11.2. The summed E-state index contributed by atoms with van der Waals surface area (Å²) in [7, 11) is 0. The highest BCUT2D eigenvalue weighted by atomic mass is 16.2. The molecular formula is C14H20N2O2. The number of Topliss-reactive ketones (excluding diaryl/α,β-unsaturated/α-hetero) is 1. The van der Waals surface area contributed by atoms with Gasteiger partial charge in [-0.2, -0.15) is 0 Å². The van der Waals surface area contributed by atoms with Crippen molar-refractivity contribution >= 4 is 11.7 Å². The highest BCUT2D eigenvalue weighted by Gasteiger charge is 2.30. The fourth-order valence-electron chi connectivity index (χ4n) is 2.68. The maximum absolute atomic E-state index is 12.4. The molecule has 4 nitrogen and oxygen atoms in total. The van der Waals surface area contributed by atoms with E-state index >= 15 is 0 Å². The molecule has 1 N–H and O–H groups in total. The number of ketones is 1. The average molecular weight is 248 g/mol. The van der Waals surface area contributed by atoms with Crippen molar-refractivity contribution < 1.29 is 9.59 Å². The first-order valence-electron chi connectivity index (χ1n) is 6.52. The molecule has 0 spiro atoms. The minimum atomic E-state index is -0.0231. The lowest BCUT2D eigenvalue weighted by molar-refractivity contribution is 0.0505. The SMILES string of the molecule is CC(=O)c1c[nH]c(C(=O)N2C(C)CCCC2C)c1. The van der Waals surface area contributed by atoms with Crippen molar-refractivity contribution in [3.63, 3.8) is 0 Å². The Hall–Kier alpha value is -1.58. The predicted octanol–water partition coefficient (Wildman–Crippen LogP) is 2.62. The minimum Gasteiger partial charge on any atom is -0.356 e. The molecule has 1 aromatic rings. The standard InChI is InChI=1S/C14H20N2O2/c1-9-5-4-6-10(2)16(9)14(18)13-7-12(8-15-13)11(3)17/h7-10,15H,4-6H2,1-3H3. The molecule has 0 bridgehead atoms. The summed E-state index contributed by atoms with van der Waals surface area (Å²) >= 11 is 0. The maximum Gasteiger partial charge on any atom is 0.270 e. The Kier molecular flexibility index (Phi) is 3.55. The van der Waals surface area contributed by atoms with Gasteiger partial charge in [0, 0.05) is 23.8 Å². The quantitative estimate of drug-likeness (QED) is 0.818. The van der Waals surface area contributed by atoms with Crippen molar-refractivity contribution in [3.05, 3.63) is 23.5 Å². The Bertz CT molecular complexity index is 454. The Morgan fingerprint density at radius 2 is 1.89 bits per heavy atom. The van der Waals surface area contributed by atoms with E-state index in [0.29, 0.717) is 11.3 Å². The molecule has 2 heterocycles. The number of H-pyrrole nitrogens is 1. The molecule has 0 aromatic carbocycles. The molecule has 0 radical (unpaired) electrons. The normalized spacial score (nSPS) is 24.1. The maximum atomic E-state index is 12.4. The molecule has 98 valence electrons. The van der Waals surface area contributed by atoms with Crippen LogP contribution in [0.1, 0.15) is 60.9 Å². The second-order valence-corrected chi connectivity index (χ2v) is 5.20. The topological polar surface area (TPSA) is 53.2 Å². The van der Waals surface area contributed by atoms with E-state index in [1.165, 1.54) is 13.3 Å². The molecule has 1 aromatic heterocycles. The van der Waals surface area contributed by atoms with E-state index in [1.54, 1.807) is 12.3 Å². The van der Waals surface area contributed by atoms with Crippen molar-refractivity contribution in [1.29, 1.82) is 0 Å². The number of amides is 1. The zero-order valence-corrected chi connectivity index (χ0v) is 11.2. The number of aromatic nitrogens is 1. The second kappa shape index (κ2) is 4.96. The lowest BCUT2D eigenvalue weighted by Gasteiger charge is -2.38. The summed E-state index contributed by atoms with van der Waals surface area (Å²) in [6, 6.07) is 2.19. The molecule has 1 fully saturated rings. The molecule has 1 aliphatic heterocycles. The van der Waals surface area contributed by atoms with Crippen LogP contribution in [0.5, 0.6) is 0 Å². The summed E-state index contributed by atoms with van der Waals surface area (Å²) in [5.41, 5.74) is 1.08. The van der Waals surface area contributed by atoms with Crippen LogP contribution < -0.4 is 0 Å². The third kappa shape index (κ3) is 2.33. The molecule has 1 amide bonds. The molecule has 4 heteroatoms. The summed E-state index contributed by atoms with van der Waals surface area (Å²) in [5.74, 6) is -0.0211. The lowest BCUT2D eigenvalue weighted by Crippen LogP contribution is -2.47. The Morgan fingerprint density at radius 3 is 2.39 bits per heavy atom. The van der Waals surface area contributed by atoms with Crippen LogP contribution in [0.2, 0.25) is 0 Å². The van der Waals surface area contributed by atoms with Gasteiger partial charge in [-0.3, -0.25) is 9.59 Å². The number of carbonyl (C=O) groups excluding carboxylic acids is 2. The first kappa shape index (κ1) is 12.9. The fraction of sp³-hybridized carbons (Fsp3) is 0.571. The van der Waals surface area contributed by atoms with Crippen LogP contribution in [0, 0.1) is 0 Å². The number of nitrogens with zero attached hydrogens (tertiary/aromatic N) is 1. The van der Waals surface area contributed by atoms with E-state index in [2.05, 4.69) is 18.8 Å². The van der Waals surface area contributed by atoms with Gasteiger partial charge in [0.15, 0.2) is 5.78 Å². The summed E-state index contributed by atoms with van der Waals surface area (Å²) < 4.78 is 0. The third-order valence-electron chi connectivity index (χ3n) is 3.75. The number of piperidine rings is 1. The van der Waals surface area contributed by atoms with Gasteiger partial charge in [0.25, 0.3) is 5.91 Å². The second-order valence-electron chi connectivity index (χ2n) is 5.20. The van der Waals surface area contributed by atoms with Gasteiger partial charge in [-0.1, -0.05) is 0 Å². The van der Waals surface area contributed by atoms with Crippen LogP contribution >= 0.6 is 0 Å². The lowest BCUT2D eigenvalue weighted by atomic mass is 9.97. The van der Waals surface area contributed by atoms with Gasteiger partial charge in [0.2, 0.25) is 0 Å². The third-order valence-corrected chi connectivity index (χ3v) is 3.75. The molecule has 2 rings (SSSR count). The molecule has 1 saturated heterocycles. The van der Waals surface area contributed by atoms with Crippen molar-refractivity contribution in [3.8, 4) is 0 Å². The zero-order chi connectivity index (χ0) is 13.3. The Labute approximate surface area is 107 Å². The van der Waals surface area contributed by atoms with Crippen LogP contribution in [0.4, 0.5) is 0 Å². The molecule has 2 atom stereocenters. The highest BCUT2D eigenvalue weighted by Crippen LogP contribution is 2.24. The van der Waals surface area contributed by atoms with E-state index in [0.717, 1.165) is 12.8 Å². The van der Waals surface area contributed by atoms with E-state index in [4.69, 9.17) is 0 Å². The summed E-state index contributed by atoms with van der Waals surface area (Å²) in [5, 5.41) is 0. The molecule has 0 aliphatic carbocycles. The molecule has 18 heavy (non-hydrogen) atoms. The van der Waals surface area contributed by atoms with Crippen LogP contribution in [-0.4, -0.2) is 33.7 Å². The first-order chi connectivity index (χ1) is 8.50. The molecule has 2 unspecified atom stereocenters. The van der Waals surface area contributed by atoms with Gasteiger partial charge in [-0.15, -0.1) is 0 Å². The average Bonchev–Trinajstić information content (AvgIpc) is 2.77. The number of aromatic amines is 1. The van der Waals surface area contributed by atoms with Crippen molar-refractivity contribution in [2.24, 2.45) is 0 Å². The summed E-state index contributed by atoms with van der Waals surface area (Å²) in [6.45, 7) is 5.67. The monoisotopic (exact) mass is 248 g/mol. The van der Waals surface area contributed by atoms with Crippen molar-refractivity contribution in [2.75, 3.05) is 0 Å². The van der Waals surface area contributed by atoms with Gasteiger partial charge >= 0.3 is 0 Å². The minimum absolute atomic E-state index is 0.00204. The first-order valence-corrected chi connectivity index (χ1v) is 6.52. The number of hydrogen-bond acceptors (Lipinski definition) is 2. The van der Waals surface area contributed by atoms with E-state index in [9.17, 15) is 9.59 Å². The van der Waals surface area contributed by atoms with Gasteiger partial charge in [0.05, 0.1) is 0 Å².